The fraction of sp³-hybridized carbons (Fsp3) is 0.300. The van der Waals surface area contributed by atoms with Gasteiger partial charge in [-0.25, -0.2) is 0 Å². The predicted octanol–water partition coefficient (Wildman–Crippen LogP) is 4.07. The Bertz CT molecular complexity index is 796. The normalized spacial score (nSPS) is 14.8. The fourth-order valence-electron chi connectivity index (χ4n) is 2.99. The lowest BCUT2D eigenvalue weighted by molar-refractivity contribution is -0.157. The first-order valence-corrected chi connectivity index (χ1v) is 8.46. The molecule has 6 heteroatoms. The van der Waals surface area contributed by atoms with Crippen LogP contribution in [-0.2, 0) is 9.59 Å². The van der Waals surface area contributed by atoms with Gasteiger partial charge in [0.2, 0.25) is 5.91 Å². The number of nitrogens with one attached hydrogen (secondary N) is 1. The third kappa shape index (κ3) is 3.96. The van der Waals surface area contributed by atoms with Gasteiger partial charge in [0.25, 0.3) is 0 Å². The molecule has 0 radical (unpaired) electrons. The molecule has 1 saturated carbocycles. The second-order valence-corrected chi connectivity index (χ2v) is 6.47. The van der Waals surface area contributed by atoms with Gasteiger partial charge in [-0.05, 0) is 49.2 Å². The third-order valence-electron chi connectivity index (χ3n) is 4.68. The molecule has 6 nitrogen and oxygen atoms in total. The lowest BCUT2D eigenvalue weighted by Gasteiger charge is -2.36. The molecule has 1 aliphatic rings. The third-order valence-corrected chi connectivity index (χ3v) is 4.68. The Morgan fingerprint density at radius 2 is 1.77 bits per heavy atom. The number of aliphatic carboxylic acids is 1. The van der Waals surface area contributed by atoms with E-state index in [0.29, 0.717) is 35.8 Å². The highest BCUT2D eigenvalue weighted by molar-refractivity contribution is 5.94. The Kier molecular flexibility index (Phi) is 5.11. The van der Waals surface area contributed by atoms with E-state index in [2.05, 4.69) is 5.32 Å². The van der Waals surface area contributed by atoms with Crippen LogP contribution >= 0.6 is 0 Å². The first-order chi connectivity index (χ1) is 12.5. The van der Waals surface area contributed by atoms with Crippen molar-refractivity contribution in [3.05, 3.63) is 48.5 Å². The predicted molar refractivity (Wildman–Crippen MR) is 96.7 cm³/mol. The molecule has 1 aliphatic carbocycles. The molecule has 1 fully saturated rings. The zero-order valence-electron chi connectivity index (χ0n) is 14.5. The quantitative estimate of drug-likeness (QED) is 0.782. The maximum Gasteiger partial charge on any atom is 0.310 e. The van der Waals surface area contributed by atoms with E-state index in [-0.39, 0.29) is 12.3 Å². The number of carboxylic acid groups (broad SMARTS) is 1. The van der Waals surface area contributed by atoms with Crippen molar-refractivity contribution in [3.63, 3.8) is 0 Å². The summed E-state index contributed by atoms with van der Waals surface area (Å²) in [6, 6.07) is 14.2. The van der Waals surface area contributed by atoms with Crippen LogP contribution < -0.4 is 14.8 Å². The van der Waals surface area contributed by atoms with E-state index < -0.39 is 11.4 Å². The summed E-state index contributed by atoms with van der Waals surface area (Å²) in [6.45, 7) is 0. The van der Waals surface area contributed by atoms with Crippen molar-refractivity contribution in [2.45, 2.75) is 25.7 Å². The van der Waals surface area contributed by atoms with Gasteiger partial charge in [-0.15, -0.1) is 0 Å². The van der Waals surface area contributed by atoms with E-state index in [1.807, 2.05) is 18.2 Å². The number of carboxylic acids is 1. The largest absolute Gasteiger partial charge is 0.497 e. The minimum atomic E-state index is -0.889. The molecular formula is C20H21NO5. The molecule has 0 heterocycles. The molecule has 0 saturated heterocycles. The van der Waals surface area contributed by atoms with Crippen LogP contribution in [-0.4, -0.2) is 24.1 Å². The van der Waals surface area contributed by atoms with Crippen molar-refractivity contribution in [2.75, 3.05) is 12.4 Å². The van der Waals surface area contributed by atoms with Crippen LogP contribution in [0, 0.1) is 5.41 Å². The molecule has 0 unspecified atom stereocenters. The summed E-state index contributed by atoms with van der Waals surface area (Å²) in [5.74, 6) is 0.802. The topological polar surface area (TPSA) is 84.9 Å². The number of anilines is 1. The van der Waals surface area contributed by atoms with Crippen LogP contribution in [0.3, 0.4) is 0 Å². The minimum absolute atomic E-state index is 0.00436. The van der Waals surface area contributed by atoms with Gasteiger partial charge < -0.3 is 19.9 Å². The second kappa shape index (κ2) is 7.47. The van der Waals surface area contributed by atoms with Crippen molar-refractivity contribution in [2.24, 2.45) is 5.41 Å². The zero-order chi connectivity index (χ0) is 18.6. The van der Waals surface area contributed by atoms with Gasteiger partial charge in [0.05, 0.1) is 12.5 Å². The molecule has 0 aliphatic heterocycles. The van der Waals surface area contributed by atoms with Crippen molar-refractivity contribution in [3.8, 4) is 17.2 Å². The molecule has 0 aromatic heterocycles. The number of rotatable bonds is 7. The standard InChI is InChI=1S/C20H21NO5/c1-25-16-4-2-5-17(12-16)26-15-8-6-14(7-9-15)21-18(22)13-20(19(23)24)10-3-11-20/h2,4-9,12H,3,10-11,13H2,1H3,(H,21,22)(H,23,24). The van der Waals surface area contributed by atoms with Crippen molar-refractivity contribution in [1.82, 2.24) is 0 Å². The van der Waals surface area contributed by atoms with Gasteiger partial charge in [0.1, 0.15) is 17.2 Å². The highest BCUT2D eigenvalue weighted by Gasteiger charge is 2.45. The number of carbonyl (C=O) groups excluding carboxylic acids is 1. The number of benzene rings is 2. The monoisotopic (exact) mass is 355 g/mol. The van der Waals surface area contributed by atoms with E-state index in [0.717, 1.165) is 6.42 Å². The summed E-state index contributed by atoms with van der Waals surface area (Å²) in [4.78, 5) is 23.5. The molecule has 0 spiro atoms. The number of carbonyl (C=O) groups is 2. The molecule has 2 aromatic rings. The van der Waals surface area contributed by atoms with Gasteiger partial charge in [-0.2, -0.15) is 0 Å². The maximum absolute atomic E-state index is 12.2. The zero-order valence-corrected chi connectivity index (χ0v) is 14.5. The summed E-state index contributed by atoms with van der Waals surface area (Å²) >= 11 is 0. The number of amides is 1. The average Bonchev–Trinajstić information content (AvgIpc) is 2.60. The number of methoxy groups -OCH3 is 1. The molecule has 0 atom stereocenters. The Hall–Kier alpha value is -3.02. The molecule has 0 bridgehead atoms. The second-order valence-electron chi connectivity index (χ2n) is 6.47. The first kappa shape index (κ1) is 17.8. The summed E-state index contributed by atoms with van der Waals surface area (Å²) in [5.41, 5.74) is -0.285. The maximum atomic E-state index is 12.2. The summed E-state index contributed by atoms with van der Waals surface area (Å²) in [6.07, 6.45) is 1.98. The molecule has 1 amide bonds. The van der Waals surface area contributed by atoms with Gasteiger partial charge in [-0.1, -0.05) is 12.5 Å². The average molecular weight is 355 g/mol. The van der Waals surface area contributed by atoms with Crippen LogP contribution in [0.2, 0.25) is 0 Å². The molecule has 136 valence electrons. The Labute approximate surface area is 151 Å². The minimum Gasteiger partial charge on any atom is -0.497 e. The smallest absolute Gasteiger partial charge is 0.310 e. The Morgan fingerprint density at radius 3 is 2.35 bits per heavy atom. The molecule has 2 aromatic carbocycles. The number of hydrogen-bond donors (Lipinski definition) is 2. The highest BCUT2D eigenvalue weighted by Crippen LogP contribution is 2.44. The SMILES string of the molecule is COc1cccc(Oc2ccc(NC(=O)CC3(C(=O)O)CCC3)cc2)c1. The van der Waals surface area contributed by atoms with Gasteiger partial charge in [0.15, 0.2) is 0 Å². The van der Waals surface area contributed by atoms with Crippen molar-refractivity contribution >= 4 is 17.6 Å². The number of ether oxygens (including phenoxy) is 2. The lowest BCUT2D eigenvalue weighted by atomic mass is 9.66. The molecular weight excluding hydrogens is 334 g/mol. The van der Waals surface area contributed by atoms with E-state index >= 15 is 0 Å². The van der Waals surface area contributed by atoms with Crippen LogP contribution in [0.15, 0.2) is 48.5 Å². The highest BCUT2D eigenvalue weighted by atomic mass is 16.5. The molecule has 26 heavy (non-hydrogen) atoms. The lowest BCUT2D eigenvalue weighted by Crippen LogP contribution is -2.41. The summed E-state index contributed by atoms with van der Waals surface area (Å²) < 4.78 is 10.9. The van der Waals surface area contributed by atoms with Gasteiger partial charge >= 0.3 is 5.97 Å². The number of hydrogen-bond acceptors (Lipinski definition) is 4. The Balaban J connectivity index is 1.59. The van der Waals surface area contributed by atoms with Gasteiger partial charge in [0, 0.05) is 18.2 Å². The fourth-order valence-corrected chi connectivity index (χ4v) is 2.99. The first-order valence-electron chi connectivity index (χ1n) is 8.46. The molecule has 3 rings (SSSR count). The van der Waals surface area contributed by atoms with E-state index in [9.17, 15) is 14.7 Å². The van der Waals surface area contributed by atoms with Crippen molar-refractivity contribution in [1.29, 1.82) is 0 Å². The van der Waals surface area contributed by atoms with E-state index in [1.54, 1.807) is 37.4 Å². The van der Waals surface area contributed by atoms with Crippen LogP contribution in [0.1, 0.15) is 25.7 Å². The van der Waals surface area contributed by atoms with Crippen LogP contribution in [0.25, 0.3) is 0 Å². The summed E-state index contributed by atoms with van der Waals surface area (Å²) in [5, 5.41) is 12.1. The Morgan fingerprint density at radius 1 is 1.08 bits per heavy atom. The van der Waals surface area contributed by atoms with E-state index in [1.165, 1.54) is 0 Å². The van der Waals surface area contributed by atoms with Crippen LogP contribution in [0.5, 0.6) is 17.2 Å². The van der Waals surface area contributed by atoms with E-state index in [4.69, 9.17) is 9.47 Å². The van der Waals surface area contributed by atoms with Crippen LogP contribution in [0.4, 0.5) is 5.69 Å². The van der Waals surface area contributed by atoms with Crippen molar-refractivity contribution < 1.29 is 24.2 Å². The summed E-state index contributed by atoms with van der Waals surface area (Å²) in [7, 11) is 1.59. The van der Waals surface area contributed by atoms with Gasteiger partial charge in [-0.3, -0.25) is 9.59 Å². The molecule has 2 N–H and O–H groups in total.